The lowest BCUT2D eigenvalue weighted by Crippen LogP contribution is -2.24. The van der Waals surface area contributed by atoms with Crippen LogP contribution in [-0.4, -0.2) is 45.3 Å². The highest BCUT2D eigenvalue weighted by Gasteiger charge is 2.20. The van der Waals surface area contributed by atoms with Crippen LogP contribution in [0.15, 0.2) is 63.9 Å². The van der Waals surface area contributed by atoms with Crippen LogP contribution >= 0.6 is 0 Å². The highest BCUT2D eigenvalue weighted by Crippen LogP contribution is 2.25. The second kappa shape index (κ2) is 10.6. The molecule has 0 aliphatic carbocycles. The number of amides is 1. The third kappa shape index (κ3) is 6.09. The smallest absolute Gasteiger partial charge is 0.306 e. The number of furan rings is 1. The van der Waals surface area contributed by atoms with Crippen molar-refractivity contribution in [3.63, 3.8) is 0 Å². The Balaban J connectivity index is 1.51. The van der Waals surface area contributed by atoms with Crippen molar-refractivity contribution in [3.05, 3.63) is 71.7 Å². The molecule has 1 amide bonds. The first-order valence-electron chi connectivity index (χ1n) is 10.4. The van der Waals surface area contributed by atoms with Gasteiger partial charge in [-0.05, 0) is 48.9 Å². The first kappa shape index (κ1) is 25.1. The van der Waals surface area contributed by atoms with Gasteiger partial charge in [0.2, 0.25) is 10.0 Å². The maximum atomic E-state index is 13.9. The number of esters is 1. The zero-order valence-electron chi connectivity index (χ0n) is 19.0. The number of nitrogens with one attached hydrogen (secondary N) is 1. The standard InChI is InChI=1S/C24H25FN2O6S/c1-16-8-9-17(14-22(16)34(30,31)27(2)3)26-23(28)15-32-24(29)13-11-18-10-12-21(33-18)19-6-4-5-7-20(19)25/h4-10,12,14H,11,13,15H2,1-3H3,(H,26,28). The number of sulfonamides is 1. The van der Waals surface area contributed by atoms with Gasteiger partial charge in [-0.3, -0.25) is 9.59 Å². The summed E-state index contributed by atoms with van der Waals surface area (Å²) < 4.78 is 50.3. The number of aryl methyl sites for hydroxylation is 2. The van der Waals surface area contributed by atoms with Crippen molar-refractivity contribution < 1.29 is 31.6 Å². The molecule has 3 rings (SSSR count). The third-order valence-corrected chi connectivity index (χ3v) is 6.93. The van der Waals surface area contributed by atoms with Gasteiger partial charge in [0.1, 0.15) is 17.3 Å². The van der Waals surface area contributed by atoms with E-state index < -0.39 is 34.3 Å². The zero-order chi connectivity index (χ0) is 24.9. The van der Waals surface area contributed by atoms with Crippen LogP contribution in [0.2, 0.25) is 0 Å². The topological polar surface area (TPSA) is 106 Å². The first-order chi connectivity index (χ1) is 16.1. The number of hydrogen-bond acceptors (Lipinski definition) is 6. The van der Waals surface area contributed by atoms with Gasteiger partial charge in [0, 0.05) is 26.2 Å². The van der Waals surface area contributed by atoms with Crippen molar-refractivity contribution in [2.24, 2.45) is 0 Å². The van der Waals surface area contributed by atoms with E-state index in [4.69, 9.17) is 9.15 Å². The SMILES string of the molecule is Cc1ccc(NC(=O)COC(=O)CCc2ccc(-c3ccccc3F)o2)cc1S(=O)(=O)N(C)C. The highest BCUT2D eigenvalue weighted by molar-refractivity contribution is 7.89. The van der Waals surface area contributed by atoms with Crippen molar-refractivity contribution in [1.82, 2.24) is 4.31 Å². The minimum Gasteiger partial charge on any atom is -0.461 e. The van der Waals surface area contributed by atoms with Gasteiger partial charge in [0.25, 0.3) is 5.91 Å². The first-order valence-corrected chi connectivity index (χ1v) is 11.8. The van der Waals surface area contributed by atoms with E-state index in [-0.39, 0.29) is 23.4 Å². The third-order valence-electron chi connectivity index (χ3n) is 4.97. The molecule has 3 aromatic rings. The van der Waals surface area contributed by atoms with E-state index in [2.05, 4.69) is 5.32 Å². The van der Waals surface area contributed by atoms with Gasteiger partial charge in [-0.25, -0.2) is 17.1 Å². The van der Waals surface area contributed by atoms with Gasteiger partial charge in [-0.2, -0.15) is 0 Å². The van der Waals surface area contributed by atoms with E-state index in [0.717, 1.165) is 4.31 Å². The molecule has 0 aliphatic rings. The summed E-state index contributed by atoms with van der Waals surface area (Å²) in [5, 5.41) is 2.52. The number of rotatable bonds is 9. The minimum atomic E-state index is -3.68. The average molecular weight is 489 g/mol. The molecule has 0 saturated heterocycles. The maximum Gasteiger partial charge on any atom is 0.306 e. The van der Waals surface area contributed by atoms with E-state index in [9.17, 15) is 22.4 Å². The Hall–Kier alpha value is -3.50. The van der Waals surface area contributed by atoms with E-state index in [0.29, 0.717) is 22.6 Å². The van der Waals surface area contributed by atoms with Crippen LogP contribution in [-0.2, 0) is 30.8 Å². The Morgan fingerprint density at radius 2 is 1.82 bits per heavy atom. The molecule has 34 heavy (non-hydrogen) atoms. The van der Waals surface area contributed by atoms with Crippen LogP contribution in [0.25, 0.3) is 11.3 Å². The molecule has 0 radical (unpaired) electrons. The molecule has 0 atom stereocenters. The molecule has 8 nitrogen and oxygen atoms in total. The molecule has 0 spiro atoms. The fourth-order valence-electron chi connectivity index (χ4n) is 3.11. The number of nitrogens with zero attached hydrogens (tertiary/aromatic N) is 1. The van der Waals surface area contributed by atoms with Crippen LogP contribution in [0.5, 0.6) is 0 Å². The second-order valence-corrected chi connectivity index (χ2v) is 9.84. The van der Waals surface area contributed by atoms with E-state index >= 15 is 0 Å². The summed E-state index contributed by atoms with van der Waals surface area (Å²) in [5.74, 6) is -0.790. The van der Waals surface area contributed by atoms with Crippen molar-refractivity contribution in [2.45, 2.75) is 24.7 Å². The van der Waals surface area contributed by atoms with Crippen molar-refractivity contribution in [2.75, 3.05) is 26.0 Å². The predicted molar refractivity (Wildman–Crippen MR) is 124 cm³/mol. The number of hydrogen-bond donors (Lipinski definition) is 1. The molecule has 2 aromatic carbocycles. The summed E-state index contributed by atoms with van der Waals surface area (Å²) in [4.78, 5) is 24.3. The van der Waals surface area contributed by atoms with Gasteiger partial charge in [-0.15, -0.1) is 0 Å². The molecule has 0 saturated carbocycles. The quantitative estimate of drug-likeness (QED) is 0.460. The molecule has 0 fully saturated rings. The minimum absolute atomic E-state index is 0.0345. The molecule has 1 N–H and O–H groups in total. The monoisotopic (exact) mass is 488 g/mol. The van der Waals surface area contributed by atoms with Crippen molar-refractivity contribution in [3.8, 4) is 11.3 Å². The number of halogens is 1. The molecule has 1 aromatic heterocycles. The Bertz CT molecular complexity index is 1300. The Labute approximate surface area is 197 Å². The van der Waals surface area contributed by atoms with Crippen LogP contribution in [0.1, 0.15) is 17.7 Å². The number of anilines is 1. The van der Waals surface area contributed by atoms with E-state index in [1.165, 1.54) is 26.2 Å². The van der Waals surface area contributed by atoms with Crippen LogP contribution in [0, 0.1) is 12.7 Å². The second-order valence-electron chi connectivity index (χ2n) is 7.72. The molecular weight excluding hydrogens is 463 g/mol. The molecular formula is C24H25FN2O6S. The zero-order valence-corrected chi connectivity index (χ0v) is 19.8. The fraction of sp³-hybridized carbons (Fsp3) is 0.250. The van der Waals surface area contributed by atoms with Gasteiger partial charge < -0.3 is 14.5 Å². The molecule has 10 heteroatoms. The number of carbonyl (C=O) groups is 2. The van der Waals surface area contributed by atoms with Gasteiger partial charge >= 0.3 is 5.97 Å². The fourth-order valence-corrected chi connectivity index (χ4v) is 4.26. The molecule has 180 valence electrons. The lowest BCUT2D eigenvalue weighted by atomic mass is 10.1. The Morgan fingerprint density at radius 3 is 2.53 bits per heavy atom. The van der Waals surface area contributed by atoms with Gasteiger partial charge in [0.15, 0.2) is 6.61 Å². The summed E-state index contributed by atoms with van der Waals surface area (Å²) in [6.07, 6.45) is 0.186. The Kier molecular flexibility index (Phi) is 7.85. The Morgan fingerprint density at radius 1 is 1.09 bits per heavy atom. The summed E-state index contributed by atoms with van der Waals surface area (Å²) in [7, 11) is -0.838. The van der Waals surface area contributed by atoms with E-state index in [1.807, 2.05) is 0 Å². The van der Waals surface area contributed by atoms with Crippen LogP contribution in [0.3, 0.4) is 0 Å². The van der Waals surface area contributed by atoms with Crippen molar-refractivity contribution in [1.29, 1.82) is 0 Å². The number of ether oxygens (including phenoxy) is 1. The van der Waals surface area contributed by atoms with Crippen LogP contribution in [0.4, 0.5) is 10.1 Å². The summed E-state index contributed by atoms with van der Waals surface area (Å²) >= 11 is 0. The van der Waals surface area contributed by atoms with Crippen molar-refractivity contribution >= 4 is 27.6 Å². The number of benzene rings is 2. The summed E-state index contributed by atoms with van der Waals surface area (Å²) in [6.45, 7) is 1.13. The number of carbonyl (C=O) groups excluding carboxylic acids is 2. The van der Waals surface area contributed by atoms with Gasteiger partial charge in [0.05, 0.1) is 16.9 Å². The van der Waals surface area contributed by atoms with Gasteiger partial charge in [-0.1, -0.05) is 18.2 Å². The molecule has 1 heterocycles. The molecule has 0 aliphatic heterocycles. The molecule has 0 unspecified atom stereocenters. The van der Waals surface area contributed by atoms with Crippen LogP contribution < -0.4 is 5.32 Å². The summed E-state index contributed by atoms with van der Waals surface area (Å²) in [5.41, 5.74) is 1.13. The van der Waals surface area contributed by atoms with E-state index in [1.54, 1.807) is 49.4 Å². The highest BCUT2D eigenvalue weighted by atomic mass is 32.2. The lowest BCUT2D eigenvalue weighted by molar-refractivity contribution is -0.147. The average Bonchev–Trinajstić information content (AvgIpc) is 3.26. The largest absolute Gasteiger partial charge is 0.461 e. The predicted octanol–water partition coefficient (Wildman–Crippen LogP) is 3.76. The normalized spacial score (nSPS) is 11.4. The maximum absolute atomic E-state index is 13.9. The lowest BCUT2D eigenvalue weighted by Gasteiger charge is -2.15. The molecule has 0 bridgehead atoms. The summed E-state index contributed by atoms with van der Waals surface area (Å²) in [6, 6.07) is 14.0.